The average molecular weight is 328 g/mol. The summed E-state index contributed by atoms with van der Waals surface area (Å²) in [4.78, 5) is 36.3. The van der Waals surface area contributed by atoms with Crippen LogP contribution in [0.25, 0.3) is 0 Å². The van der Waals surface area contributed by atoms with Gasteiger partial charge >= 0.3 is 12.1 Å². The van der Waals surface area contributed by atoms with Crippen molar-refractivity contribution in [2.45, 2.75) is 52.1 Å². The van der Waals surface area contributed by atoms with Crippen LogP contribution in [0.1, 0.15) is 46.5 Å². The van der Waals surface area contributed by atoms with E-state index in [2.05, 4.69) is 5.32 Å². The lowest BCUT2D eigenvalue weighted by Gasteiger charge is -2.33. The molecule has 7 heteroatoms. The molecule has 0 aliphatic carbocycles. The second-order valence-electron chi connectivity index (χ2n) is 6.99. The number of aliphatic carboxylic acids is 1. The normalized spacial score (nSPS) is 17.5. The summed E-state index contributed by atoms with van der Waals surface area (Å²) in [5.74, 6) is -2.21. The second kappa shape index (κ2) is 8.17. The number of nitrogens with one attached hydrogen (secondary N) is 1. The molecule has 0 radical (unpaired) electrons. The summed E-state index contributed by atoms with van der Waals surface area (Å²) < 4.78 is 5.34. The molecule has 1 unspecified atom stereocenters. The summed E-state index contributed by atoms with van der Waals surface area (Å²) in [6.45, 7) is 6.72. The second-order valence-corrected chi connectivity index (χ2v) is 6.99. The Hall–Kier alpha value is -1.79. The standard InChI is InChI=1S/C16H28N2O5/c1-16(2,3)23-15(22)18-9-7-11(8-10-18)5-6-12(14(20)21)13(19)17-4/h11-12H,5-10H2,1-4H3,(H,17,19)(H,20,21). The first-order valence-electron chi connectivity index (χ1n) is 8.06. The molecule has 0 aromatic rings. The van der Waals surface area contributed by atoms with E-state index in [1.807, 2.05) is 20.8 Å². The fourth-order valence-electron chi connectivity index (χ4n) is 2.67. The molecule has 0 aromatic heterocycles. The van der Waals surface area contributed by atoms with Gasteiger partial charge in [0.15, 0.2) is 0 Å². The van der Waals surface area contributed by atoms with E-state index in [1.54, 1.807) is 4.90 Å². The predicted molar refractivity (Wildman–Crippen MR) is 85.0 cm³/mol. The first-order chi connectivity index (χ1) is 10.6. The quantitative estimate of drug-likeness (QED) is 0.751. The maximum Gasteiger partial charge on any atom is 0.410 e. The van der Waals surface area contributed by atoms with Crippen molar-refractivity contribution in [3.8, 4) is 0 Å². The fourth-order valence-corrected chi connectivity index (χ4v) is 2.67. The highest BCUT2D eigenvalue weighted by Crippen LogP contribution is 2.25. The largest absolute Gasteiger partial charge is 0.481 e. The van der Waals surface area contributed by atoms with Gasteiger partial charge in [-0.3, -0.25) is 9.59 Å². The van der Waals surface area contributed by atoms with Gasteiger partial charge in [0.2, 0.25) is 5.91 Å². The molecule has 0 aromatic carbocycles. The zero-order valence-electron chi connectivity index (χ0n) is 14.4. The van der Waals surface area contributed by atoms with Crippen LogP contribution in [0.2, 0.25) is 0 Å². The average Bonchev–Trinajstić information content (AvgIpc) is 2.45. The number of carboxylic acids is 1. The number of hydrogen-bond acceptors (Lipinski definition) is 4. The fraction of sp³-hybridized carbons (Fsp3) is 0.812. The summed E-state index contributed by atoms with van der Waals surface area (Å²) in [5, 5.41) is 11.5. The van der Waals surface area contributed by atoms with Crippen molar-refractivity contribution in [2.75, 3.05) is 20.1 Å². The smallest absolute Gasteiger partial charge is 0.410 e. The predicted octanol–water partition coefficient (Wildman–Crippen LogP) is 1.86. The number of piperidine rings is 1. The molecule has 0 spiro atoms. The van der Waals surface area contributed by atoms with Gasteiger partial charge in [-0.15, -0.1) is 0 Å². The van der Waals surface area contributed by atoms with Crippen molar-refractivity contribution in [3.05, 3.63) is 0 Å². The minimum atomic E-state index is -1.09. The molecular weight excluding hydrogens is 300 g/mol. The molecule has 1 fully saturated rings. The topological polar surface area (TPSA) is 95.9 Å². The number of carbonyl (C=O) groups excluding carboxylic acids is 2. The molecule has 2 N–H and O–H groups in total. The Kier molecular flexibility index (Phi) is 6.84. The molecule has 23 heavy (non-hydrogen) atoms. The highest BCUT2D eigenvalue weighted by Gasteiger charge is 2.29. The van der Waals surface area contributed by atoms with Gasteiger partial charge in [0.1, 0.15) is 11.5 Å². The number of carboxylic acid groups (broad SMARTS) is 1. The number of hydrogen-bond donors (Lipinski definition) is 2. The molecule has 132 valence electrons. The Bertz CT molecular complexity index is 436. The number of amides is 2. The van der Waals surface area contributed by atoms with E-state index >= 15 is 0 Å². The summed E-state index contributed by atoms with van der Waals surface area (Å²) in [5.41, 5.74) is -0.504. The maximum absolute atomic E-state index is 12.0. The van der Waals surface area contributed by atoms with E-state index in [-0.39, 0.29) is 6.09 Å². The van der Waals surface area contributed by atoms with Gasteiger partial charge in [0.25, 0.3) is 0 Å². The zero-order chi connectivity index (χ0) is 17.6. The minimum Gasteiger partial charge on any atom is -0.481 e. The van der Waals surface area contributed by atoms with Crippen molar-refractivity contribution < 1.29 is 24.2 Å². The van der Waals surface area contributed by atoms with Gasteiger partial charge in [-0.1, -0.05) is 0 Å². The first-order valence-corrected chi connectivity index (χ1v) is 8.06. The number of ether oxygens (including phenoxy) is 1. The summed E-state index contributed by atoms with van der Waals surface area (Å²) in [7, 11) is 1.44. The molecule has 2 amide bonds. The molecule has 7 nitrogen and oxygen atoms in total. The summed E-state index contributed by atoms with van der Waals surface area (Å²) in [6, 6.07) is 0. The van der Waals surface area contributed by atoms with E-state index in [9.17, 15) is 14.4 Å². The van der Waals surface area contributed by atoms with Gasteiger partial charge in [-0.2, -0.15) is 0 Å². The van der Waals surface area contributed by atoms with Gasteiger partial charge < -0.3 is 20.1 Å². The summed E-state index contributed by atoms with van der Waals surface area (Å²) in [6.07, 6.45) is 2.31. The van der Waals surface area contributed by atoms with Crippen LogP contribution in [-0.4, -0.2) is 53.7 Å². The van der Waals surface area contributed by atoms with Crippen LogP contribution in [0.15, 0.2) is 0 Å². The van der Waals surface area contributed by atoms with Gasteiger partial charge in [0.05, 0.1) is 0 Å². The van der Waals surface area contributed by atoms with E-state index in [4.69, 9.17) is 9.84 Å². The Morgan fingerprint density at radius 2 is 1.83 bits per heavy atom. The van der Waals surface area contributed by atoms with Crippen LogP contribution in [0.4, 0.5) is 4.79 Å². The van der Waals surface area contributed by atoms with Crippen LogP contribution in [-0.2, 0) is 14.3 Å². The molecule has 1 saturated heterocycles. The van der Waals surface area contributed by atoms with E-state index in [0.717, 1.165) is 12.8 Å². The van der Waals surface area contributed by atoms with Crippen molar-refractivity contribution in [3.63, 3.8) is 0 Å². The van der Waals surface area contributed by atoms with Crippen LogP contribution in [0.3, 0.4) is 0 Å². The van der Waals surface area contributed by atoms with E-state index < -0.39 is 23.4 Å². The first kappa shape index (κ1) is 19.3. The summed E-state index contributed by atoms with van der Waals surface area (Å²) >= 11 is 0. The molecule has 0 saturated carbocycles. The third kappa shape index (κ3) is 6.46. The van der Waals surface area contributed by atoms with Gasteiger partial charge in [-0.25, -0.2) is 4.79 Å². The third-order valence-electron chi connectivity index (χ3n) is 3.99. The monoisotopic (exact) mass is 328 g/mol. The molecule has 1 heterocycles. The third-order valence-corrected chi connectivity index (χ3v) is 3.99. The lowest BCUT2D eigenvalue weighted by Crippen LogP contribution is -2.42. The van der Waals surface area contributed by atoms with Crippen molar-refractivity contribution in [1.82, 2.24) is 10.2 Å². The molecule has 1 rings (SSSR count). The number of carbonyl (C=O) groups is 3. The number of rotatable bonds is 5. The Balaban J connectivity index is 2.40. The Labute approximate surface area is 137 Å². The van der Waals surface area contributed by atoms with Crippen molar-refractivity contribution >= 4 is 18.0 Å². The SMILES string of the molecule is CNC(=O)C(CCC1CCN(C(=O)OC(C)(C)C)CC1)C(=O)O. The Morgan fingerprint density at radius 1 is 1.26 bits per heavy atom. The van der Waals surface area contributed by atoms with Gasteiger partial charge in [-0.05, 0) is 52.4 Å². The van der Waals surface area contributed by atoms with Gasteiger partial charge in [0, 0.05) is 20.1 Å². The maximum atomic E-state index is 12.0. The van der Waals surface area contributed by atoms with Crippen molar-refractivity contribution in [2.24, 2.45) is 11.8 Å². The Morgan fingerprint density at radius 3 is 2.26 bits per heavy atom. The molecular formula is C16H28N2O5. The van der Waals surface area contributed by atoms with Crippen LogP contribution < -0.4 is 5.32 Å². The molecule has 1 aliphatic rings. The molecule has 1 aliphatic heterocycles. The zero-order valence-corrected chi connectivity index (χ0v) is 14.4. The molecule has 1 atom stereocenters. The highest BCUT2D eigenvalue weighted by atomic mass is 16.6. The van der Waals surface area contributed by atoms with Crippen LogP contribution in [0.5, 0.6) is 0 Å². The lowest BCUT2D eigenvalue weighted by atomic mass is 9.88. The lowest BCUT2D eigenvalue weighted by molar-refractivity contribution is -0.147. The number of likely N-dealkylation sites (tertiary alicyclic amines) is 1. The van der Waals surface area contributed by atoms with Crippen LogP contribution >= 0.6 is 0 Å². The van der Waals surface area contributed by atoms with Crippen molar-refractivity contribution in [1.29, 1.82) is 0 Å². The highest BCUT2D eigenvalue weighted by molar-refractivity contribution is 5.96. The minimum absolute atomic E-state index is 0.301. The number of nitrogens with zero attached hydrogens (tertiary/aromatic N) is 1. The van der Waals surface area contributed by atoms with E-state index in [0.29, 0.717) is 31.8 Å². The van der Waals surface area contributed by atoms with E-state index in [1.165, 1.54) is 7.05 Å². The van der Waals surface area contributed by atoms with Crippen LogP contribution in [0, 0.1) is 11.8 Å². The molecule has 0 bridgehead atoms.